The van der Waals surface area contributed by atoms with Crippen molar-refractivity contribution in [2.24, 2.45) is 5.92 Å². The number of aliphatic hydroxyl groups is 1. The van der Waals surface area contributed by atoms with E-state index in [2.05, 4.69) is 19.8 Å². The molecule has 0 aromatic rings. The SMILES string of the molecule is CCC(C)CCCC#CO. The Balaban J connectivity index is 3.08. The Bertz CT molecular complexity index is 118. The molecule has 0 saturated carbocycles. The molecule has 1 atom stereocenters. The van der Waals surface area contributed by atoms with Crippen LogP contribution in [0, 0.1) is 17.9 Å². The van der Waals surface area contributed by atoms with E-state index in [1.165, 1.54) is 12.8 Å². The van der Waals surface area contributed by atoms with Crippen LogP contribution in [0.3, 0.4) is 0 Å². The highest BCUT2D eigenvalue weighted by molar-refractivity contribution is 4.88. The van der Waals surface area contributed by atoms with Gasteiger partial charge in [-0.05, 0) is 18.8 Å². The molecule has 0 radical (unpaired) electrons. The second kappa shape index (κ2) is 6.48. The van der Waals surface area contributed by atoms with Crippen molar-refractivity contribution in [2.45, 2.75) is 39.5 Å². The van der Waals surface area contributed by atoms with Gasteiger partial charge in [-0.15, -0.1) is 0 Å². The molecule has 0 fully saturated rings. The van der Waals surface area contributed by atoms with Crippen molar-refractivity contribution in [1.29, 1.82) is 0 Å². The molecule has 0 rings (SSSR count). The molecule has 0 aromatic carbocycles. The molecular weight excluding hydrogens is 124 g/mol. The van der Waals surface area contributed by atoms with Crippen molar-refractivity contribution in [3.05, 3.63) is 0 Å². The molecule has 1 heteroatoms. The minimum atomic E-state index is 0.806. The number of unbranched alkanes of at least 4 members (excludes halogenated alkanes) is 1. The van der Waals surface area contributed by atoms with E-state index in [4.69, 9.17) is 5.11 Å². The van der Waals surface area contributed by atoms with Crippen LogP contribution >= 0.6 is 0 Å². The minimum absolute atomic E-state index is 0.806. The van der Waals surface area contributed by atoms with Crippen molar-refractivity contribution in [1.82, 2.24) is 0 Å². The van der Waals surface area contributed by atoms with Gasteiger partial charge in [0, 0.05) is 6.42 Å². The first-order valence-electron chi connectivity index (χ1n) is 3.93. The van der Waals surface area contributed by atoms with Crippen molar-refractivity contribution in [3.63, 3.8) is 0 Å². The quantitative estimate of drug-likeness (QED) is 0.470. The lowest BCUT2D eigenvalue weighted by atomic mass is 10.0. The van der Waals surface area contributed by atoms with E-state index >= 15 is 0 Å². The van der Waals surface area contributed by atoms with Crippen molar-refractivity contribution in [3.8, 4) is 12.0 Å². The zero-order chi connectivity index (χ0) is 7.82. The molecule has 10 heavy (non-hydrogen) atoms. The van der Waals surface area contributed by atoms with Gasteiger partial charge in [-0.3, -0.25) is 0 Å². The Kier molecular flexibility index (Phi) is 6.06. The fraction of sp³-hybridized carbons (Fsp3) is 0.778. The zero-order valence-corrected chi connectivity index (χ0v) is 6.85. The molecule has 58 valence electrons. The second-order valence-electron chi connectivity index (χ2n) is 2.69. The van der Waals surface area contributed by atoms with Gasteiger partial charge in [-0.2, -0.15) is 0 Å². The molecule has 1 nitrogen and oxygen atoms in total. The lowest BCUT2D eigenvalue weighted by Gasteiger charge is -2.04. The summed E-state index contributed by atoms with van der Waals surface area (Å²) in [5.74, 6) is 3.44. The van der Waals surface area contributed by atoms with E-state index in [1.807, 2.05) is 6.11 Å². The first-order chi connectivity index (χ1) is 4.81. The highest BCUT2D eigenvalue weighted by atomic mass is 16.2. The Morgan fingerprint density at radius 2 is 2.20 bits per heavy atom. The van der Waals surface area contributed by atoms with Crippen molar-refractivity contribution in [2.75, 3.05) is 0 Å². The summed E-state index contributed by atoms with van der Waals surface area (Å²) in [5, 5.41) is 8.13. The summed E-state index contributed by atoms with van der Waals surface area (Å²) < 4.78 is 0. The number of rotatable bonds is 4. The van der Waals surface area contributed by atoms with Gasteiger partial charge >= 0.3 is 0 Å². The van der Waals surface area contributed by atoms with Crippen LogP contribution in [0.4, 0.5) is 0 Å². The lowest BCUT2D eigenvalue weighted by molar-refractivity contribution is 0.496. The van der Waals surface area contributed by atoms with Gasteiger partial charge in [0.05, 0.1) is 0 Å². The number of aliphatic hydroxyl groups excluding tert-OH is 1. The Morgan fingerprint density at radius 3 is 2.70 bits per heavy atom. The first kappa shape index (κ1) is 9.36. The highest BCUT2D eigenvalue weighted by Gasteiger charge is 1.95. The molecule has 0 bridgehead atoms. The van der Waals surface area contributed by atoms with E-state index in [0.29, 0.717) is 0 Å². The second-order valence-corrected chi connectivity index (χ2v) is 2.69. The minimum Gasteiger partial charge on any atom is -0.462 e. The summed E-state index contributed by atoms with van der Waals surface area (Å²) in [6.07, 6.45) is 6.33. The van der Waals surface area contributed by atoms with Crippen LogP contribution in [-0.4, -0.2) is 5.11 Å². The maximum Gasteiger partial charge on any atom is 0.107 e. The van der Waals surface area contributed by atoms with E-state index < -0.39 is 0 Å². The third-order valence-electron chi connectivity index (χ3n) is 1.77. The van der Waals surface area contributed by atoms with Gasteiger partial charge in [0.15, 0.2) is 0 Å². The molecule has 1 unspecified atom stereocenters. The third-order valence-corrected chi connectivity index (χ3v) is 1.77. The fourth-order valence-corrected chi connectivity index (χ4v) is 0.799. The molecule has 0 spiro atoms. The fourth-order valence-electron chi connectivity index (χ4n) is 0.799. The maximum absolute atomic E-state index is 8.13. The van der Waals surface area contributed by atoms with Crippen LogP contribution in [-0.2, 0) is 0 Å². The summed E-state index contributed by atoms with van der Waals surface area (Å²) in [6, 6.07) is 0. The Labute approximate surface area is 63.5 Å². The first-order valence-corrected chi connectivity index (χ1v) is 3.93. The van der Waals surface area contributed by atoms with E-state index in [9.17, 15) is 0 Å². The van der Waals surface area contributed by atoms with E-state index in [0.717, 1.165) is 18.8 Å². The smallest absolute Gasteiger partial charge is 0.107 e. The van der Waals surface area contributed by atoms with Gasteiger partial charge in [0.1, 0.15) is 6.11 Å². The van der Waals surface area contributed by atoms with Crippen LogP contribution < -0.4 is 0 Å². The topological polar surface area (TPSA) is 20.2 Å². The van der Waals surface area contributed by atoms with Crippen LogP contribution in [0.2, 0.25) is 0 Å². The molecule has 0 aromatic heterocycles. The average Bonchev–Trinajstić information content (AvgIpc) is 1.98. The number of hydrogen-bond donors (Lipinski definition) is 1. The van der Waals surface area contributed by atoms with Gasteiger partial charge in [0.2, 0.25) is 0 Å². The van der Waals surface area contributed by atoms with Crippen LogP contribution in [0.5, 0.6) is 0 Å². The van der Waals surface area contributed by atoms with Gasteiger partial charge in [0.25, 0.3) is 0 Å². The zero-order valence-electron chi connectivity index (χ0n) is 6.85. The van der Waals surface area contributed by atoms with Crippen molar-refractivity contribution < 1.29 is 5.11 Å². The maximum atomic E-state index is 8.13. The molecule has 0 heterocycles. The van der Waals surface area contributed by atoms with Crippen LogP contribution in [0.15, 0.2) is 0 Å². The summed E-state index contributed by atoms with van der Waals surface area (Å²) >= 11 is 0. The summed E-state index contributed by atoms with van der Waals surface area (Å²) in [4.78, 5) is 0. The molecule has 0 saturated heterocycles. The summed E-state index contributed by atoms with van der Waals surface area (Å²) in [7, 11) is 0. The Hall–Kier alpha value is -0.640. The third kappa shape index (κ3) is 5.50. The predicted octanol–water partition coefficient (Wildman–Crippen LogP) is 2.54. The largest absolute Gasteiger partial charge is 0.462 e. The van der Waals surface area contributed by atoms with Crippen LogP contribution in [0.1, 0.15) is 39.5 Å². The normalized spacial score (nSPS) is 11.8. The number of hydrogen-bond acceptors (Lipinski definition) is 1. The molecule has 1 N–H and O–H groups in total. The van der Waals surface area contributed by atoms with Gasteiger partial charge in [-0.1, -0.05) is 26.2 Å². The van der Waals surface area contributed by atoms with Gasteiger partial charge in [-0.25, -0.2) is 0 Å². The monoisotopic (exact) mass is 140 g/mol. The molecule has 0 amide bonds. The average molecular weight is 140 g/mol. The van der Waals surface area contributed by atoms with E-state index in [-0.39, 0.29) is 0 Å². The predicted molar refractivity (Wildman–Crippen MR) is 43.0 cm³/mol. The summed E-state index contributed by atoms with van der Waals surface area (Å²) in [6.45, 7) is 4.44. The van der Waals surface area contributed by atoms with Crippen molar-refractivity contribution >= 4 is 0 Å². The Morgan fingerprint density at radius 1 is 1.50 bits per heavy atom. The molecule has 0 aliphatic heterocycles. The standard InChI is InChI=1S/C9H16O/c1-3-9(2)7-5-4-6-8-10/h9-10H,3-5,7H2,1-2H3. The van der Waals surface area contributed by atoms with E-state index in [1.54, 1.807) is 0 Å². The highest BCUT2D eigenvalue weighted by Crippen LogP contribution is 2.09. The lowest BCUT2D eigenvalue weighted by Crippen LogP contribution is -1.90. The molecule has 0 aliphatic rings. The van der Waals surface area contributed by atoms with Gasteiger partial charge < -0.3 is 5.11 Å². The summed E-state index contributed by atoms with van der Waals surface area (Å²) in [5.41, 5.74) is 0. The molecular formula is C9H16O. The van der Waals surface area contributed by atoms with Crippen LogP contribution in [0.25, 0.3) is 0 Å². The molecule has 0 aliphatic carbocycles.